The van der Waals surface area contributed by atoms with Gasteiger partial charge in [0, 0.05) is 50.8 Å². The number of nitrogens with one attached hydrogen (secondary N) is 2. The summed E-state index contributed by atoms with van der Waals surface area (Å²) < 4.78 is 36.0. The lowest BCUT2D eigenvalue weighted by molar-refractivity contribution is -0.234. The number of hydrogen-bond donors (Lipinski definition) is 4. The van der Waals surface area contributed by atoms with Crippen LogP contribution >= 0.6 is 12.2 Å². The Morgan fingerprint density at radius 3 is 2.65 bits per heavy atom. The van der Waals surface area contributed by atoms with E-state index in [0.29, 0.717) is 11.5 Å². The van der Waals surface area contributed by atoms with Crippen molar-refractivity contribution in [2.24, 2.45) is 0 Å². The smallest absolute Gasteiger partial charge is 0.415 e. The SMILES string of the molecule is CNC(=S)N[C@H]1C[C@]12CN(c1cc(F)c(N3CCON(C(O)c4ccccc4O)CC3)c(F)c1)C(=O)O2. The summed E-state index contributed by atoms with van der Waals surface area (Å²) in [5, 5.41) is 28.2. The van der Waals surface area contributed by atoms with Crippen LogP contribution in [0.1, 0.15) is 18.2 Å². The highest BCUT2D eigenvalue weighted by Crippen LogP contribution is 2.46. The van der Waals surface area contributed by atoms with Crippen molar-refractivity contribution in [1.82, 2.24) is 15.7 Å². The van der Waals surface area contributed by atoms with Crippen molar-refractivity contribution in [2.45, 2.75) is 24.3 Å². The van der Waals surface area contributed by atoms with Gasteiger partial charge < -0.3 is 30.5 Å². The minimum atomic E-state index is -1.25. The molecule has 37 heavy (non-hydrogen) atoms. The van der Waals surface area contributed by atoms with Crippen molar-refractivity contribution >= 4 is 34.8 Å². The Labute approximate surface area is 217 Å². The van der Waals surface area contributed by atoms with E-state index in [1.54, 1.807) is 25.2 Å². The van der Waals surface area contributed by atoms with Crippen molar-refractivity contribution in [3.63, 3.8) is 0 Å². The highest BCUT2D eigenvalue weighted by molar-refractivity contribution is 7.80. The number of benzene rings is 2. The summed E-state index contributed by atoms with van der Waals surface area (Å²) >= 11 is 5.10. The van der Waals surface area contributed by atoms with Gasteiger partial charge in [-0.2, -0.15) is 5.06 Å². The molecule has 2 aliphatic heterocycles. The summed E-state index contributed by atoms with van der Waals surface area (Å²) in [6, 6.07) is 8.36. The first kappa shape index (κ1) is 25.4. The fourth-order valence-electron chi connectivity index (χ4n) is 4.73. The molecule has 3 aliphatic rings. The second-order valence-corrected chi connectivity index (χ2v) is 9.56. The van der Waals surface area contributed by atoms with Crippen molar-refractivity contribution in [3.05, 3.63) is 53.6 Å². The first-order chi connectivity index (χ1) is 17.7. The Kier molecular flexibility index (Phi) is 6.79. The predicted octanol–water partition coefficient (Wildman–Crippen LogP) is 1.98. The van der Waals surface area contributed by atoms with Gasteiger partial charge in [-0.3, -0.25) is 9.74 Å². The number of thiocarbonyl (C=S) groups is 1. The highest BCUT2D eigenvalue weighted by atomic mass is 32.1. The van der Waals surface area contributed by atoms with Crippen LogP contribution in [0.2, 0.25) is 0 Å². The lowest BCUT2D eigenvalue weighted by atomic mass is 10.1. The number of para-hydroxylation sites is 1. The molecule has 5 rings (SSSR count). The van der Waals surface area contributed by atoms with E-state index in [2.05, 4.69) is 10.6 Å². The molecule has 0 aromatic heterocycles. The van der Waals surface area contributed by atoms with Gasteiger partial charge in [0.05, 0.1) is 24.9 Å². The van der Waals surface area contributed by atoms with Gasteiger partial charge in [0.1, 0.15) is 11.4 Å². The van der Waals surface area contributed by atoms with Crippen LogP contribution in [0.15, 0.2) is 36.4 Å². The summed E-state index contributed by atoms with van der Waals surface area (Å²) in [4.78, 5) is 20.8. The molecule has 3 fully saturated rings. The molecule has 1 saturated carbocycles. The maximum absolute atomic E-state index is 15.2. The first-order valence-corrected chi connectivity index (χ1v) is 12.2. The molecule has 0 bridgehead atoms. The van der Waals surface area contributed by atoms with E-state index >= 15 is 8.78 Å². The molecule has 2 aromatic carbocycles. The summed E-state index contributed by atoms with van der Waals surface area (Å²) in [7, 11) is 1.68. The van der Waals surface area contributed by atoms with Gasteiger partial charge in [-0.15, -0.1) is 0 Å². The highest BCUT2D eigenvalue weighted by Gasteiger charge is 2.64. The van der Waals surface area contributed by atoms with Gasteiger partial charge in [-0.1, -0.05) is 18.2 Å². The maximum Gasteiger partial charge on any atom is 0.415 e. The van der Waals surface area contributed by atoms with E-state index in [1.807, 2.05) is 0 Å². The number of hydrogen-bond acceptors (Lipinski definition) is 8. The lowest BCUT2D eigenvalue weighted by Crippen LogP contribution is -2.39. The van der Waals surface area contributed by atoms with Gasteiger partial charge in [0.25, 0.3) is 0 Å². The van der Waals surface area contributed by atoms with Crippen LogP contribution < -0.4 is 20.4 Å². The second kappa shape index (κ2) is 9.89. The molecule has 2 saturated heterocycles. The molecule has 1 aliphatic carbocycles. The van der Waals surface area contributed by atoms with Gasteiger partial charge >= 0.3 is 6.09 Å². The van der Waals surface area contributed by atoms with Crippen LogP contribution in [0.25, 0.3) is 0 Å². The number of rotatable bonds is 5. The molecule has 1 amide bonds. The molecule has 2 heterocycles. The fraction of sp³-hybridized carbons (Fsp3) is 0.417. The number of aromatic hydroxyl groups is 1. The number of aliphatic hydroxyl groups excluding tert-OH is 1. The van der Waals surface area contributed by atoms with Crippen LogP contribution in [-0.2, 0) is 9.57 Å². The quantitative estimate of drug-likeness (QED) is 0.425. The molecule has 2 aromatic rings. The third kappa shape index (κ3) is 4.87. The summed E-state index contributed by atoms with van der Waals surface area (Å²) in [5.41, 5.74) is -0.721. The standard InChI is InChI=1S/C24H27F2N5O5S/c1-27-22(37)28-19-12-24(19)13-30(23(34)36-24)14-10-16(25)20(17(26)11-14)29-6-7-31(35-9-8-29)21(33)15-4-2-3-5-18(15)32/h2-5,10-11,19,21,32-33H,6-9,12-13H2,1H3,(H2,27,28,37)/t19-,21?,24-/m0/s1. The second-order valence-electron chi connectivity index (χ2n) is 9.15. The molecule has 0 radical (unpaired) electrons. The molecule has 1 spiro atoms. The number of anilines is 2. The average molecular weight is 536 g/mol. The largest absolute Gasteiger partial charge is 0.508 e. The number of aliphatic hydroxyl groups is 1. The topological polar surface area (TPSA) is 110 Å². The molecule has 13 heteroatoms. The van der Waals surface area contributed by atoms with Crippen molar-refractivity contribution in [1.29, 1.82) is 0 Å². The number of halogens is 2. The number of amides is 1. The fourth-order valence-corrected chi connectivity index (χ4v) is 4.87. The number of carbonyl (C=O) groups excluding carboxylic acids is 1. The van der Waals surface area contributed by atoms with E-state index in [0.717, 1.165) is 12.1 Å². The van der Waals surface area contributed by atoms with Crippen molar-refractivity contribution in [2.75, 3.05) is 49.6 Å². The van der Waals surface area contributed by atoms with E-state index in [4.69, 9.17) is 21.8 Å². The minimum Gasteiger partial charge on any atom is -0.508 e. The maximum atomic E-state index is 15.2. The summed E-state index contributed by atoms with van der Waals surface area (Å²) in [5.74, 6) is -1.76. The number of hydroxylamine groups is 2. The number of phenolic OH excluding ortho intramolecular Hbond substituents is 1. The third-order valence-corrected chi connectivity index (χ3v) is 7.14. The molecule has 198 valence electrons. The van der Waals surface area contributed by atoms with Crippen LogP contribution in [0.3, 0.4) is 0 Å². The van der Waals surface area contributed by atoms with Gasteiger partial charge in [-0.25, -0.2) is 13.6 Å². The Balaban J connectivity index is 1.28. The monoisotopic (exact) mass is 535 g/mol. The van der Waals surface area contributed by atoms with E-state index in [9.17, 15) is 15.0 Å². The van der Waals surface area contributed by atoms with E-state index in [1.165, 1.54) is 20.9 Å². The van der Waals surface area contributed by atoms with E-state index < -0.39 is 29.6 Å². The van der Waals surface area contributed by atoms with Crippen LogP contribution in [0.4, 0.5) is 25.0 Å². The molecule has 10 nitrogen and oxygen atoms in total. The van der Waals surface area contributed by atoms with Crippen molar-refractivity contribution < 1.29 is 33.4 Å². The number of ether oxygens (including phenoxy) is 1. The van der Waals surface area contributed by atoms with Crippen LogP contribution in [0.5, 0.6) is 5.75 Å². The molecule has 3 atom stereocenters. The Bertz CT molecular complexity index is 1200. The van der Waals surface area contributed by atoms with Crippen molar-refractivity contribution in [3.8, 4) is 5.75 Å². The lowest BCUT2D eigenvalue weighted by Gasteiger charge is -2.26. The Hall–Kier alpha value is -3.26. The number of nitrogens with zero attached hydrogens (tertiary/aromatic N) is 3. The van der Waals surface area contributed by atoms with Crippen LogP contribution in [0, 0.1) is 11.6 Å². The Morgan fingerprint density at radius 1 is 1.22 bits per heavy atom. The summed E-state index contributed by atoms with van der Waals surface area (Å²) in [6.07, 6.45) is -1.39. The molecular weight excluding hydrogens is 508 g/mol. The van der Waals surface area contributed by atoms with Gasteiger partial charge in [-0.05, 0) is 18.3 Å². The zero-order chi connectivity index (χ0) is 26.3. The normalized spacial score (nSPS) is 24.5. The zero-order valence-electron chi connectivity index (χ0n) is 20.0. The van der Waals surface area contributed by atoms with Crippen LogP contribution in [-0.4, -0.2) is 78.0 Å². The summed E-state index contributed by atoms with van der Waals surface area (Å²) in [6.45, 7) is 0.607. The average Bonchev–Trinajstić information content (AvgIpc) is 3.49. The zero-order valence-corrected chi connectivity index (χ0v) is 20.8. The van der Waals surface area contributed by atoms with Gasteiger partial charge in [0.2, 0.25) is 0 Å². The van der Waals surface area contributed by atoms with E-state index in [-0.39, 0.29) is 61.5 Å². The predicted molar refractivity (Wildman–Crippen MR) is 134 cm³/mol. The molecular formula is C24H27F2N5O5S. The van der Waals surface area contributed by atoms with Gasteiger partial charge in [0.15, 0.2) is 28.6 Å². The number of carbonyl (C=O) groups is 1. The molecule has 1 unspecified atom stereocenters. The molecule has 4 N–H and O–H groups in total. The Morgan fingerprint density at radius 2 is 1.95 bits per heavy atom. The minimum absolute atomic E-state index is 0.0507. The first-order valence-electron chi connectivity index (χ1n) is 11.8. The third-order valence-electron chi connectivity index (χ3n) is 6.82. The number of phenols is 1.